The van der Waals surface area contributed by atoms with Crippen molar-refractivity contribution < 1.29 is 23.4 Å². The van der Waals surface area contributed by atoms with Gasteiger partial charge in [0.2, 0.25) is 10.0 Å². The van der Waals surface area contributed by atoms with E-state index in [0.717, 1.165) is 10.5 Å². The van der Waals surface area contributed by atoms with E-state index < -0.39 is 28.3 Å². The van der Waals surface area contributed by atoms with E-state index in [1.54, 1.807) is 25.1 Å². The molecule has 0 unspecified atom stereocenters. The van der Waals surface area contributed by atoms with Crippen LogP contribution < -0.4 is 10.5 Å². The molecule has 0 saturated heterocycles. The van der Waals surface area contributed by atoms with E-state index in [-0.39, 0.29) is 18.8 Å². The fourth-order valence-electron chi connectivity index (χ4n) is 3.15. The summed E-state index contributed by atoms with van der Waals surface area (Å²) < 4.78 is 26.4. The van der Waals surface area contributed by atoms with Crippen molar-refractivity contribution in [1.82, 2.24) is 4.90 Å². The van der Waals surface area contributed by atoms with E-state index in [0.29, 0.717) is 28.8 Å². The largest absolute Gasteiger partial charge is 0.465 e. The average Bonchev–Trinajstić information content (AvgIpc) is 2.73. The Hall–Kier alpha value is -2.88. The maximum atomic E-state index is 12.0. The monoisotopic (exact) mass is 461 g/mol. The van der Waals surface area contributed by atoms with E-state index in [2.05, 4.69) is 11.3 Å². The van der Waals surface area contributed by atoms with Crippen molar-refractivity contribution in [2.24, 2.45) is 5.73 Å². The summed E-state index contributed by atoms with van der Waals surface area (Å²) in [6, 6.07) is 13.7. The number of rotatable bonds is 11. The second-order valence-corrected chi connectivity index (χ2v) is 9.80. The summed E-state index contributed by atoms with van der Waals surface area (Å²) in [4.78, 5) is 12.9. The van der Waals surface area contributed by atoms with Crippen LogP contribution in [0.25, 0.3) is 5.57 Å². The quantitative estimate of drug-likeness (QED) is 0.407. The number of nitrogens with one attached hydrogen (secondary N) is 1. The molecule has 9 heteroatoms. The normalized spacial score (nSPS) is 13.2. The number of aliphatic hydroxyl groups excluding tert-OH is 1. The number of nitrogens with zero attached hydrogens (tertiary/aromatic N) is 1. The molecule has 0 bridgehead atoms. The van der Waals surface area contributed by atoms with Crippen molar-refractivity contribution in [2.75, 3.05) is 17.0 Å². The summed E-state index contributed by atoms with van der Waals surface area (Å²) in [5.74, 6) is -0.0909. The van der Waals surface area contributed by atoms with Gasteiger partial charge < -0.3 is 20.8 Å². The molecule has 0 aliphatic rings. The van der Waals surface area contributed by atoms with E-state index in [9.17, 15) is 23.4 Å². The van der Waals surface area contributed by atoms with Crippen LogP contribution in [0.1, 0.15) is 30.5 Å². The third-order valence-corrected chi connectivity index (χ3v) is 6.31. The minimum Gasteiger partial charge on any atom is -0.465 e. The SMILES string of the molecule is C=C(C)c1cc(CN(C[C@@H](O)[C@@H](N)Cc2ccccc2)C(=O)O)cc(NS(=O)(=O)CC)c1. The molecule has 1 amide bonds. The Morgan fingerprint density at radius 1 is 1.19 bits per heavy atom. The molecule has 2 rings (SSSR count). The summed E-state index contributed by atoms with van der Waals surface area (Å²) in [7, 11) is -3.50. The Labute approximate surface area is 189 Å². The molecular formula is C23H31N3O5S. The minimum atomic E-state index is -3.50. The molecule has 32 heavy (non-hydrogen) atoms. The van der Waals surface area contributed by atoms with Gasteiger partial charge in [0.1, 0.15) is 0 Å². The highest BCUT2D eigenvalue weighted by Gasteiger charge is 2.23. The first-order valence-electron chi connectivity index (χ1n) is 10.3. The van der Waals surface area contributed by atoms with Gasteiger partial charge in [-0.15, -0.1) is 0 Å². The van der Waals surface area contributed by atoms with Crippen LogP contribution in [-0.2, 0) is 23.0 Å². The molecule has 0 radical (unpaired) electrons. The fourth-order valence-corrected chi connectivity index (χ4v) is 3.78. The molecule has 5 N–H and O–H groups in total. The maximum absolute atomic E-state index is 12.0. The Kier molecular flexibility index (Phi) is 8.82. The van der Waals surface area contributed by atoms with Gasteiger partial charge in [0, 0.05) is 18.3 Å². The van der Waals surface area contributed by atoms with Gasteiger partial charge in [-0.1, -0.05) is 42.5 Å². The number of sulfonamides is 1. The molecule has 2 aromatic carbocycles. The van der Waals surface area contributed by atoms with E-state index in [4.69, 9.17) is 5.73 Å². The fraction of sp³-hybridized carbons (Fsp3) is 0.348. The summed E-state index contributed by atoms with van der Waals surface area (Å²) in [5.41, 5.74) is 9.33. The first-order chi connectivity index (χ1) is 15.0. The lowest BCUT2D eigenvalue weighted by Gasteiger charge is -2.26. The van der Waals surface area contributed by atoms with Crippen LogP contribution in [0.15, 0.2) is 55.1 Å². The van der Waals surface area contributed by atoms with Gasteiger partial charge in [-0.2, -0.15) is 0 Å². The summed E-state index contributed by atoms with van der Waals surface area (Å²) in [6.07, 6.45) is -1.88. The molecule has 0 fully saturated rings. The topological polar surface area (TPSA) is 133 Å². The van der Waals surface area contributed by atoms with Gasteiger partial charge in [-0.3, -0.25) is 4.72 Å². The molecular weight excluding hydrogens is 430 g/mol. The lowest BCUT2D eigenvalue weighted by Crippen LogP contribution is -2.46. The van der Waals surface area contributed by atoms with Gasteiger partial charge in [-0.25, -0.2) is 13.2 Å². The highest BCUT2D eigenvalue weighted by molar-refractivity contribution is 7.92. The second kappa shape index (κ2) is 11.1. The number of amides is 1. The molecule has 0 aliphatic carbocycles. The number of allylic oxidation sites excluding steroid dienone is 1. The van der Waals surface area contributed by atoms with Crippen molar-refractivity contribution in [1.29, 1.82) is 0 Å². The summed E-state index contributed by atoms with van der Waals surface area (Å²) in [5, 5.41) is 20.2. The third-order valence-electron chi connectivity index (χ3n) is 5.00. The molecule has 2 aromatic rings. The molecule has 2 atom stereocenters. The predicted octanol–water partition coefficient (Wildman–Crippen LogP) is 2.89. The number of anilines is 1. The summed E-state index contributed by atoms with van der Waals surface area (Å²) in [6.45, 7) is 6.96. The molecule has 0 saturated carbocycles. The Morgan fingerprint density at radius 2 is 1.84 bits per heavy atom. The number of hydrogen-bond acceptors (Lipinski definition) is 5. The highest BCUT2D eigenvalue weighted by atomic mass is 32.2. The number of aliphatic hydroxyl groups is 1. The Morgan fingerprint density at radius 3 is 2.41 bits per heavy atom. The standard InChI is InChI=1S/C23H31N3O5S/c1-4-32(30,31)25-20-11-18(10-19(13-20)16(2)3)14-26(23(28)29)15-22(27)21(24)12-17-8-6-5-7-9-17/h5-11,13,21-22,25,27H,2,4,12,14-15,24H2,1,3H3,(H,28,29)/t21-,22+/m0/s1. The Balaban J connectivity index is 2.19. The smallest absolute Gasteiger partial charge is 0.407 e. The van der Waals surface area contributed by atoms with Crippen LogP contribution in [0.3, 0.4) is 0 Å². The van der Waals surface area contributed by atoms with Crippen LogP contribution in [-0.4, -0.2) is 54.1 Å². The van der Waals surface area contributed by atoms with E-state index in [1.807, 2.05) is 30.3 Å². The number of carboxylic acid groups (broad SMARTS) is 1. The summed E-state index contributed by atoms with van der Waals surface area (Å²) >= 11 is 0. The molecule has 8 nitrogen and oxygen atoms in total. The lowest BCUT2D eigenvalue weighted by molar-refractivity contribution is 0.0795. The van der Waals surface area contributed by atoms with Gasteiger partial charge in [0.05, 0.1) is 18.4 Å². The maximum Gasteiger partial charge on any atom is 0.407 e. The molecule has 0 aromatic heterocycles. The van der Waals surface area contributed by atoms with E-state index in [1.165, 1.54) is 6.92 Å². The van der Waals surface area contributed by atoms with E-state index >= 15 is 0 Å². The lowest BCUT2D eigenvalue weighted by atomic mass is 10.0. The molecule has 0 aliphatic heterocycles. The number of nitrogens with two attached hydrogens (primary N) is 1. The molecule has 0 heterocycles. The molecule has 0 spiro atoms. The van der Waals surface area contributed by atoms with Crippen molar-refractivity contribution >= 4 is 27.4 Å². The number of benzene rings is 2. The van der Waals surface area contributed by atoms with Gasteiger partial charge >= 0.3 is 6.09 Å². The highest BCUT2D eigenvalue weighted by Crippen LogP contribution is 2.23. The van der Waals surface area contributed by atoms with Crippen molar-refractivity contribution in [3.63, 3.8) is 0 Å². The van der Waals surface area contributed by atoms with Crippen LogP contribution in [0, 0.1) is 0 Å². The average molecular weight is 462 g/mol. The first-order valence-corrected chi connectivity index (χ1v) is 11.9. The predicted molar refractivity (Wildman–Crippen MR) is 127 cm³/mol. The van der Waals surface area contributed by atoms with Crippen LogP contribution >= 0.6 is 0 Å². The molecule has 174 valence electrons. The zero-order valence-electron chi connectivity index (χ0n) is 18.4. The zero-order chi connectivity index (χ0) is 23.9. The zero-order valence-corrected chi connectivity index (χ0v) is 19.2. The van der Waals surface area contributed by atoms with Crippen LogP contribution in [0.5, 0.6) is 0 Å². The van der Waals surface area contributed by atoms with Crippen molar-refractivity contribution in [3.05, 3.63) is 71.8 Å². The minimum absolute atomic E-state index is 0.0492. The van der Waals surface area contributed by atoms with Crippen LogP contribution in [0.4, 0.5) is 10.5 Å². The number of carbonyl (C=O) groups is 1. The number of hydrogen-bond donors (Lipinski definition) is 4. The van der Waals surface area contributed by atoms with Crippen molar-refractivity contribution in [2.45, 2.75) is 39.0 Å². The third kappa shape index (κ3) is 7.67. The van der Waals surface area contributed by atoms with Gasteiger partial charge in [0.15, 0.2) is 0 Å². The van der Waals surface area contributed by atoms with Gasteiger partial charge in [-0.05, 0) is 55.2 Å². The van der Waals surface area contributed by atoms with Crippen molar-refractivity contribution in [3.8, 4) is 0 Å². The second-order valence-electron chi connectivity index (χ2n) is 7.79. The van der Waals surface area contributed by atoms with Crippen LogP contribution in [0.2, 0.25) is 0 Å². The Bertz CT molecular complexity index is 1040. The first kappa shape index (κ1) is 25.4. The van der Waals surface area contributed by atoms with Gasteiger partial charge in [0.25, 0.3) is 0 Å².